The summed E-state index contributed by atoms with van der Waals surface area (Å²) >= 11 is -1.93. The van der Waals surface area contributed by atoms with E-state index in [9.17, 15) is 8.76 Å². The fraction of sp³-hybridized carbons (Fsp3) is 0.455. The first kappa shape index (κ1) is 11.6. The monoisotopic (exact) mass is 241 g/mol. The number of anilines is 1. The van der Waals surface area contributed by atoms with E-state index in [0.717, 1.165) is 25.2 Å². The highest BCUT2D eigenvalue weighted by Crippen LogP contribution is 2.27. The van der Waals surface area contributed by atoms with Crippen molar-refractivity contribution in [2.75, 3.05) is 25.1 Å². The summed E-state index contributed by atoms with van der Waals surface area (Å²) in [5, 5.41) is 0. The van der Waals surface area contributed by atoms with Gasteiger partial charge in [0.05, 0.1) is 16.7 Å². The van der Waals surface area contributed by atoms with Crippen LogP contribution in [-0.4, -0.2) is 35.1 Å². The SMILES string of the molecule is COC1CCN(c2ccccc2S(=O)O)C1. The van der Waals surface area contributed by atoms with E-state index in [-0.39, 0.29) is 6.10 Å². The topological polar surface area (TPSA) is 49.8 Å². The molecule has 16 heavy (non-hydrogen) atoms. The minimum Gasteiger partial charge on any atom is -0.380 e. The predicted octanol–water partition coefficient (Wildman–Crippen LogP) is 1.49. The molecule has 1 heterocycles. The number of methoxy groups -OCH3 is 1. The Morgan fingerprint density at radius 2 is 2.25 bits per heavy atom. The number of benzene rings is 1. The Morgan fingerprint density at radius 1 is 1.50 bits per heavy atom. The van der Waals surface area contributed by atoms with Crippen LogP contribution in [0.5, 0.6) is 0 Å². The Bertz CT molecular complexity index is 397. The standard InChI is InChI=1S/C11H15NO3S/c1-15-9-6-7-12(8-9)10-4-2-3-5-11(10)16(13)14/h2-5,9H,6-8H2,1H3,(H,13,14). The number of rotatable bonds is 3. The largest absolute Gasteiger partial charge is 0.380 e. The van der Waals surface area contributed by atoms with Crippen LogP contribution in [0.1, 0.15) is 6.42 Å². The molecule has 2 atom stereocenters. The molecular weight excluding hydrogens is 226 g/mol. The molecule has 1 saturated heterocycles. The Balaban J connectivity index is 2.24. The Kier molecular flexibility index (Phi) is 3.58. The van der Waals surface area contributed by atoms with Crippen molar-refractivity contribution in [3.63, 3.8) is 0 Å². The quantitative estimate of drug-likeness (QED) is 0.815. The maximum Gasteiger partial charge on any atom is 0.188 e. The van der Waals surface area contributed by atoms with Crippen LogP contribution >= 0.6 is 0 Å². The molecule has 88 valence electrons. The van der Waals surface area contributed by atoms with E-state index < -0.39 is 11.1 Å². The van der Waals surface area contributed by atoms with E-state index in [4.69, 9.17) is 4.74 Å². The first-order valence-electron chi connectivity index (χ1n) is 5.20. The second-order valence-corrected chi connectivity index (χ2v) is 4.75. The zero-order valence-electron chi connectivity index (χ0n) is 9.13. The maximum absolute atomic E-state index is 11.2. The average molecular weight is 241 g/mol. The van der Waals surface area contributed by atoms with Gasteiger partial charge in [-0.3, -0.25) is 0 Å². The van der Waals surface area contributed by atoms with Crippen molar-refractivity contribution in [1.82, 2.24) is 0 Å². The predicted molar refractivity (Wildman–Crippen MR) is 63.1 cm³/mol. The molecule has 0 aliphatic carbocycles. The van der Waals surface area contributed by atoms with Crippen LogP contribution in [0.25, 0.3) is 0 Å². The van der Waals surface area contributed by atoms with Crippen LogP contribution in [0.15, 0.2) is 29.2 Å². The zero-order chi connectivity index (χ0) is 11.5. The summed E-state index contributed by atoms with van der Waals surface area (Å²) in [6.45, 7) is 1.65. The molecule has 1 aromatic carbocycles. The number of nitrogens with zero attached hydrogens (tertiary/aromatic N) is 1. The number of para-hydroxylation sites is 1. The molecule has 0 spiro atoms. The summed E-state index contributed by atoms with van der Waals surface area (Å²) in [6.07, 6.45) is 1.18. The van der Waals surface area contributed by atoms with Crippen LogP contribution in [0.4, 0.5) is 5.69 Å². The van der Waals surface area contributed by atoms with Crippen LogP contribution in [0.3, 0.4) is 0 Å². The van der Waals surface area contributed by atoms with Crippen molar-refractivity contribution in [2.24, 2.45) is 0 Å². The Morgan fingerprint density at radius 3 is 2.88 bits per heavy atom. The van der Waals surface area contributed by atoms with E-state index in [0.29, 0.717) is 4.90 Å². The molecular formula is C11H15NO3S. The lowest BCUT2D eigenvalue weighted by molar-refractivity contribution is 0.121. The van der Waals surface area contributed by atoms with Crippen LogP contribution in [0.2, 0.25) is 0 Å². The smallest absolute Gasteiger partial charge is 0.188 e. The lowest BCUT2D eigenvalue weighted by Crippen LogP contribution is -2.23. The van der Waals surface area contributed by atoms with Gasteiger partial charge in [-0.15, -0.1) is 0 Å². The van der Waals surface area contributed by atoms with E-state index >= 15 is 0 Å². The zero-order valence-corrected chi connectivity index (χ0v) is 9.94. The molecule has 0 saturated carbocycles. The van der Waals surface area contributed by atoms with E-state index in [2.05, 4.69) is 4.90 Å². The van der Waals surface area contributed by atoms with Gasteiger partial charge in [0.1, 0.15) is 0 Å². The minimum absolute atomic E-state index is 0.222. The van der Waals surface area contributed by atoms with Gasteiger partial charge >= 0.3 is 0 Å². The van der Waals surface area contributed by atoms with Gasteiger partial charge in [-0.2, -0.15) is 0 Å². The van der Waals surface area contributed by atoms with E-state index in [1.165, 1.54) is 0 Å². The molecule has 1 N–H and O–H groups in total. The molecule has 1 fully saturated rings. The minimum atomic E-state index is -1.93. The molecule has 0 bridgehead atoms. The normalized spacial score (nSPS) is 22.4. The fourth-order valence-electron chi connectivity index (χ4n) is 2.01. The van der Waals surface area contributed by atoms with Gasteiger partial charge in [-0.25, -0.2) is 4.21 Å². The molecule has 1 aliphatic rings. The molecule has 0 aromatic heterocycles. The van der Waals surface area contributed by atoms with Gasteiger partial charge in [0.15, 0.2) is 11.1 Å². The molecule has 2 unspecified atom stereocenters. The van der Waals surface area contributed by atoms with Crippen molar-refractivity contribution in [3.8, 4) is 0 Å². The molecule has 1 aliphatic heterocycles. The second-order valence-electron chi connectivity index (χ2n) is 3.81. The van der Waals surface area contributed by atoms with Crippen LogP contribution in [-0.2, 0) is 15.8 Å². The number of ether oxygens (including phenoxy) is 1. The van der Waals surface area contributed by atoms with E-state index in [1.54, 1.807) is 19.2 Å². The summed E-state index contributed by atoms with van der Waals surface area (Å²) in [6, 6.07) is 7.22. The van der Waals surface area contributed by atoms with Gasteiger partial charge in [-0.1, -0.05) is 12.1 Å². The third-order valence-electron chi connectivity index (χ3n) is 2.87. The van der Waals surface area contributed by atoms with Gasteiger partial charge in [0.2, 0.25) is 0 Å². The van der Waals surface area contributed by atoms with Gasteiger partial charge in [0, 0.05) is 20.2 Å². The van der Waals surface area contributed by atoms with Gasteiger partial charge in [-0.05, 0) is 18.6 Å². The summed E-state index contributed by atoms with van der Waals surface area (Å²) in [7, 11) is 1.70. The van der Waals surface area contributed by atoms with Crippen molar-refractivity contribution < 1.29 is 13.5 Å². The third kappa shape index (κ3) is 2.26. The van der Waals surface area contributed by atoms with Crippen molar-refractivity contribution in [3.05, 3.63) is 24.3 Å². The molecule has 4 nitrogen and oxygen atoms in total. The molecule has 1 aromatic rings. The second kappa shape index (κ2) is 4.95. The number of hydrogen-bond donors (Lipinski definition) is 1. The molecule has 0 amide bonds. The highest BCUT2D eigenvalue weighted by Gasteiger charge is 2.24. The van der Waals surface area contributed by atoms with Crippen LogP contribution in [0, 0.1) is 0 Å². The summed E-state index contributed by atoms with van der Waals surface area (Å²) < 4.78 is 25.7. The lowest BCUT2D eigenvalue weighted by atomic mass is 10.3. The van der Waals surface area contributed by atoms with Crippen LogP contribution < -0.4 is 4.90 Å². The Labute approximate surface area is 97.5 Å². The molecule has 2 rings (SSSR count). The number of hydrogen-bond acceptors (Lipinski definition) is 3. The highest BCUT2D eigenvalue weighted by molar-refractivity contribution is 7.79. The fourth-order valence-corrected chi connectivity index (χ4v) is 2.58. The van der Waals surface area contributed by atoms with Crippen molar-refractivity contribution in [1.29, 1.82) is 0 Å². The maximum atomic E-state index is 11.2. The molecule has 0 radical (unpaired) electrons. The van der Waals surface area contributed by atoms with E-state index in [1.807, 2.05) is 12.1 Å². The average Bonchev–Trinajstić information content (AvgIpc) is 2.77. The first-order chi connectivity index (χ1) is 7.72. The van der Waals surface area contributed by atoms with Gasteiger partial charge in [0.25, 0.3) is 0 Å². The van der Waals surface area contributed by atoms with Gasteiger partial charge < -0.3 is 14.2 Å². The molecule has 5 heteroatoms. The third-order valence-corrected chi connectivity index (χ3v) is 3.59. The summed E-state index contributed by atoms with van der Waals surface area (Å²) in [4.78, 5) is 2.57. The first-order valence-corrected chi connectivity index (χ1v) is 6.30. The summed E-state index contributed by atoms with van der Waals surface area (Å²) in [5.74, 6) is 0. The highest BCUT2D eigenvalue weighted by atomic mass is 32.2. The van der Waals surface area contributed by atoms with Crippen molar-refractivity contribution >= 4 is 16.8 Å². The summed E-state index contributed by atoms with van der Waals surface area (Å²) in [5.41, 5.74) is 0.836. The lowest BCUT2D eigenvalue weighted by Gasteiger charge is -2.20. The van der Waals surface area contributed by atoms with Crippen molar-refractivity contribution in [2.45, 2.75) is 17.4 Å². The Hall–Kier alpha value is -0.910.